The molecule has 0 radical (unpaired) electrons. The van der Waals surface area contributed by atoms with Gasteiger partial charge in [0.1, 0.15) is 0 Å². The fourth-order valence-electron chi connectivity index (χ4n) is 3.42. The number of nitrogens with two attached hydrogens (primary N) is 1. The van der Waals surface area contributed by atoms with Crippen molar-refractivity contribution in [3.8, 4) is 0 Å². The van der Waals surface area contributed by atoms with Crippen molar-refractivity contribution >= 4 is 29.6 Å². The third-order valence-corrected chi connectivity index (χ3v) is 6.67. The second-order valence-electron chi connectivity index (χ2n) is 6.27. The first-order valence-corrected chi connectivity index (χ1v) is 9.58. The molecule has 2 aromatic rings. The smallest absolute Gasteiger partial charge is 0.260 e. The van der Waals surface area contributed by atoms with Gasteiger partial charge < -0.3 is 16.0 Å². The fraction of sp³-hybridized carbons (Fsp3) is 0.0500. The van der Waals surface area contributed by atoms with Crippen LogP contribution in [0.25, 0.3) is 5.57 Å². The van der Waals surface area contributed by atoms with E-state index in [1.165, 1.54) is 6.08 Å². The number of rotatable bonds is 1. The standard InChI is InChI=1S/C20H17N2O2P/c1-12-4-2-3-5-15(12)20-16-8-6-13(21)10-18(16)25(23,24)19-11-14(22)7-9-17(19)20/h2-11,21H,22H2,1H3,(H,23,24). The Bertz CT molecular complexity index is 1080. The molecule has 0 saturated heterocycles. The molecule has 0 saturated carbocycles. The maximum Gasteiger partial charge on any atom is 0.260 e. The lowest BCUT2D eigenvalue weighted by molar-refractivity contribution is 0.497. The van der Waals surface area contributed by atoms with Crippen LogP contribution in [0.5, 0.6) is 0 Å². The molecule has 0 spiro atoms. The Morgan fingerprint density at radius 1 is 1.08 bits per heavy atom. The van der Waals surface area contributed by atoms with Gasteiger partial charge in [0, 0.05) is 5.69 Å². The number of hydrogen-bond donors (Lipinski definition) is 3. The SMILES string of the molecule is Cc1ccccc1C1=C2C=CC(=N)C=C2P(=O)(O)c2cc(N)ccc21. The molecule has 1 atom stereocenters. The maximum atomic E-state index is 13.2. The summed E-state index contributed by atoms with van der Waals surface area (Å²) in [6.45, 7) is 2.02. The molecule has 5 heteroatoms. The number of benzene rings is 2. The molecule has 0 aromatic heterocycles. The third-order valence-electron chi connectivity index (χ3n) is 4.63. The van der Waals surface area contributed by atoms with Gasteiger partial charge in [-0.15, -0.1) is 0 Å². The minimum Gasteiger partial charge on any atom is -0.399 e. The van der Waals surface area contributed by atoms with Gasteiger partial charge in [-0.3, -0.25) is 4.57 Å². The van der Waals surface area contributed by atoms with Crippen molar-refractivity contribution in [2.45, 2.75) is 6.92 Å². The average molecular weight is 348 g/mol. The molecule has 124 valence electrons. The largest absolute Gasteiger partial charge is 0.399 e. The van der Waals surface area contributed by atoms with E-state index in [-0.39, 0.29) is 5.71 Å². The van der Waals surface area contributed by atoms with Crippen molar-refractivity contribution in [1.82, 2.24) is 0 Å². The van der Waals surface area contributed by atoms with Gasteiger partial charge in [0.25, 0.3) is 7.37 Å². The summed E-state index contributed by atoms with van der Waals surface area (Å²) in [5, 5.41) is 8.52. The molecule has 1 aliphatic heterocycles. The lowest BCUT2D eigenvalue weighted by Gasteiger charge is -2.30. The Morgan fingerprint density at radius 2 is 1.84 bits per heavy atom. The predicted octanol–water partition coefficient (Wildman–Crippen LogP) is 3.76. The van der Waals surface area contributed by atoms with E-state index >= 15 is 0 Å². The summed E-state index contributed by atoms with van der Waals surface area (Å²) in [5.74, 6) is 0. The number of hydrogen-bond acceptors (Lipinski definition) is 3. The van der Waals surface area contributed by atoms with Crippen LogP contribution in [0.1, 0.15) is 16.7 Å². The third kappa shape index (κ3) is 2.34. The molecular formula is C20H17N2O2P. The molecule has 0 bridgehead atoms. The Hall–Kier alpha value is -2.68. The minimum absolute atomic E-state index is 0.213. The number of allylic oxidation sites excluding steroid dienone is 5. The highest BCUT2D eigenvalue weighted by Crippen LogP contribution is 2.59. The second kappa shape index (κ2) is 5.41. The summed E-state index contributed by atoms with van der Waals surface area (Å²) in [7, 11) is -3.81. The molecule has 2 aliphatic rings. The fourth-order valence-corrected chi connectivity index (χ4v) is 5.35. The molecule has 4 N–H and O–H groups in total. The van der Waals surface area contributed by atoms with Crippen LogP contribution < -0.4 is 11.0 Å². The maximum absolute atomic E-state index is 13.2. The highest BCUT2D eigenvalue weighted by atomic mass is 31.2. The highest BCUT2D eigenvalue weighted by molar-refractivity contribution is 7.71. The van der Waals surface area contributed by atoms with Crippen LogP contribution in [-0.2, 0) is 4.57 Å². The molecule has 4 nitrogen and oxygen atoms in total. The first kappa shape index (κ1) is 15.8. The molecule has 4 rings (SSSR count). The van der Waals surface area contributed by atoms with Crippen LogP contribution in [0.2, 0.25) is 0 Å². The Kier molecular flexibility index (Phi) is 3.43. The van der Waals surface area contributed by atoms with Crippen molar-refractivity contribution in [2.75, 3.05) is 5.73 Å². The van der Waals surface area contributed by atoms with E-state index in [1.54, 1.807) is 24.3 Å². The summed E-state index contributed by atoms with van der Waals surface area (Å²) in [6, 6.07) is 13.1. The molecule has 25 heavy (non-hydrogen) atoms. The number of nitrogens with one attached hydrogen (secondary N) is 1. The van der Waals surface area contributed by atoms with Crippen molar-refractivity contribution in [3.63, 3.8) is 0 Å². The molecular weight excluding hydrogens is 331 g/mol. The quantitative estimate of drug-likeness (QED) is 0.542. The molecule has 1 unspecified atom stereocenters. The van der Waals surface area contributed by atoms with Crippen LogP contribution in [0.15, 0.2) is 71.6 Å². The number of nitrogen functional groups attached to an aromatic ring is 1. The zero-order valence-electron chi connectivity index (χ0n) is 13.7. The van der Waals surface area contributed by atoms with Gasteiger partial charge in [0.15, 0.2) is 0 Å². The van der Waals surface area contributed by atoms with Gasteiger partial charge >= 0.3 is 0 Å². The van der Waals surface area contributed by atoms with Gasteiger partial charge in [0.2, 0.25) is 0 Å². The first-order chi connectivity index (χ1) is 11.9. The molecule has 2 aromatic carbocycles. The zero-order valence-corrected chi connectivity index (χ0v) is 14.5. The van der Waals surface area contributed by atoms with Crippen LogP contribution in [-0.4, -0.2) is 10.6 Å². The second-order valence-corrected chi connectivity index (χ2v) is 8.39. The van der Waals surface area contributed by atoms with Crippen LogP contribution >= 0.6 is 7.37 Å². The Labute approximate surface area is 146 Å². The topological polar surface area (TPSA) is 87.2 Å². The van der Waals surface area contributed by atoms with E-state index < -0.39 is 7.37 Å². The number of fused-ring (bicyclic) bond motifs is 2. The van der Waals surface area contributed by atoms with E-state index in [0.29, 0.717) is 21.9 Å². The lowest BCUT2D eigenvalue weighted by atomic mass is 9.88. The van der Waals surface area contributed by atoms with Gasteiger partial charge in [0.05, 0.1) is 16.3 Å². The van der Waals surface area contributed by atoms with Gasteiger partial charge in [-0.1, -0.05) is 36.4 Å². The number of aryl methyl sites for hydroxylation is 1. The van der Waals surface area contributed by atoms with E-state index in [4.69, 9.17) is 11.1 Å². The van der Waals surface area contributed by atoms with Crippen molar-refractivity contribution in [1.29, 1.82) is 5.41 Å². The summed E-state index contributed by atoms with van der Waals surface area (Å²) in [6.07, 6.45) is 4.90. The Balaban J connectivity index is 2.16. The van der Waals surface area contributed by atoms with Crippen LogP contribution in [0, 0.1) is 12.3 Å². The van der Waals surface area contributed by atoms with E-state index in [9.17, 15) is 9.46 Å². The zero-order chi connectivity index (χ0) is 17.8. The molecule has 1 heterocycles. The van der Waals surface area contributed by atoms with Crippen LogP contribution in [0.3, 0.4) is 0 Å². The van der Waals surface area contributed by atoms with Crippen molar-refractivity contribution < 1.29 is 9.46 Å². The highest BCUT2D eigenvalue weighted by Gasteiger charge is 2.39. The van der Waals surface area contributed by atoms with Gasteiger partial charge in [-0.2, -0.15) is 0 Å². The van der Waals surface area contributed by atoms with E-state index in [2.05, 4.69) is 0 Å². The monoisotopic (exact) mass is 348 g/mol. The minimum atomic E-state index is -3.81. The summed E-state index contributed by atoms with van der Waals surface area (Å²) >= 11 is 0. The predicted molar refractivity (Wildman–Crippen MR) is 102 cm³/mol. The van der Waals surface area contributed by atoms with Gasteiger partial charge in [-0.25, -0.2) is 0 Å². The van der Waals surface area contributed by atoms with Crippen molar-refractivity contribution in [3.05, 3.63) is 88.3 Å². The van der Waals surface area contributed by atoms with Gasteiger partial charge in [-0.05, 0) is 59.0 Å². The lowest BCUT2D eigenvalue weighted by Crippen LogP contribution is -2.21. The first-order valence-electron chi connectivity index (χ1n) is 7.92. The van der Waals surface area contributed by atoms with Crippen LogP contribution in [0.4, 0.5) is 5.69 Å². The average Bonchev–Trinajstić information content (AvgIpc) is 2.58. The summed E-state index contributed by atoms with van der Waals surface area (Å²) < 4.78 is 13.2. The Morgan fingerprint density at radius 3 is 2.60 bits per heavy atom. The van der Waals surface area contributed by atoms with Crippen molar-refractivity contribution in [2.24, 2.45) is 0 Å². The molecule has 0 fully saturated rings. The number of anilines is 1. The normalized spacial score (nSPS) is 21.7. The van der Waals surface area contributed by atoms with E-state index in [0.717, 1.165) is 22.3 Å². The van der Waals surface area contributed by atoms with E-state index in [1.807, 2.05) is 37.3 Å². The molecule has 0 amide bonds. The molecule has 1 aliphatic carbocycles. The summed E-state index contributed by atoms with van der Waals surface area (Å²) in [4.78, 5) is 10.9. The summed E-state index contributed by atoms with van der Waals surface area (Å²) in [5.41, 5.74) is 11.0.